The number of amides is 2. The number of carboxylic acid groups (broad SMARTS) is 1. The van der Waals surface area contributed by atoms with E-state index in [1.807, 2.05) is 46.8 Å². The molecule has 1 aliphatic heterocycles. The highest BCUT2D eigenvalue weighted by Gasteiger charge is 2.43. The quantitative estimate of drug-likeness (QED) is 0.666. The van der Waals surface area contributed by atoms with Crippen molar-refractivity contribution in [2.75, 3.05) is 13.2 Å². The first-order chi connectivity index (χ1) is 15.6. The van der Waals surface area contributed by atoms with Crippen molar-refractivity contribution < 1.29 is 24.2 Å². The van der Waals surface area contributed by atoms with Gasteiger partial charge >= 0.3 is 12.2 Å². The number of ether oxygens (including phenoxy) is 2. The summed E-state index contributed by atoms with van der Waals surface area (Å²) in [6, 6.07) is 2.66. The van der Waals surface area contributed by atoms with Crippen LogP contribution in [0.5, 0.6) is 5.88 Å². The van der Waals surface area contributed by atoms with Gasteiger partial charge in [0, 0.05) is 24.7 Å². The Morgan fingerprint density at radius 2 is 1.88 bits per heavy atom. The second kappa shape index (κ2) is 10.6. The molecule has 8 nitrogen and oxygen atoms in total. The van der Waals surface area contributed by atoms with Crippen molar-refractivity contribution in [1.29, 1.82) is 0 Å². The molecule has 1 N–H and O–H groups in total. The summed E-state index contributed by atoms with van der Waals surface area (Å²) in [5, 5.41) is 9.81. The van der Waals surface area contributed by atoms with Crippen molar-refractivity contribution in [3.8, 4) is 5.88 Å². The smallest absolute Gasteiger partial charge is 0.410 e. The van der Waals surface area contributed by atoms with E-state index in [-0.39, 0.29) is 12.6 Å². The number of rotatable bonds is 5. The van der Waals surface area contributed by atoms with Crippen molar-refractivity contribution in [2.45, 2.75) is 96.9 Å². The number of pyridine rings is 1. The van der Waals surface area contributed by atoms with Crippen molar-refractivity contribution >= 4 is 12.2 Å². The molecule has 1 aromatic heterocycles. The van der Waals surface area contributed by atoms with Gasteiger partial charge in [0.25, 0.3) is 0 Å². The highest BCUT2D eigenvalue weighted by atomic mass is 16.6. The van der Waals surface area contributed by atoms with E-state index in [9.17, 15) is 14.7 Å². The van der Waals surface area contributed by atoms with E-state index in [2.05, 4.69) is 4.98 Å². The topological polar surface area (TPSA) is 92.2 Å². The number of carbonyl (C=O) groups is 2. The Labute approximate surface area is 197 Å². The maximum Gasteiger partial charge on any atom is 0.410 e. The molecule has 33 heavy (non-hydrogen) atoms. The molecule has 1 aromatic rings. The van der Waals surface area contributed by atoms with Crippen molar-refractivity contribution in [3.63, 3.8) is 0 Å². The van der Waals surface area contributed by atoms with Gasteiger partial charge in [-0.3, -0.25) is 4.90 Å². The molecular weight excluding hydrogens is 422 g/mol. The summed E-state index contributed by atoms with van der Waals surface area (Å²) in [6.07, 6.45) is 6.89. The van der Waals surface area contributed by atoms with Gasteiger partial charge in [-0.15, -0.1) is 0 Å². The summed E-state index contributed by atoms with van der Waals surface area (Å²) < 4.78 is 11.8. The molecule has 0 bridgehead atoms. The van der Waals surface area contributed by atoms with Crippen LogP contribution in [0, 0.1) is 5.92 Å². The zero-order valence-corrected chi connectivity index (χ0v) is 20.6. The summed E-state index contributed by atoms with van der Waals surface area (Å²) in [7, 11) is 0. The van der Waals surface area contributed by atoms with E-state index < -0.39 is 29.9 Å². The van der Waals surface area contributed by atoms with Gasteiger partial charge in [0.2, 0.25) is 5.88 Å². The predicted molar refractivity (Wildman–Crippen MR) is 126 cm³/mol. The van der Waals surface area contributed by atoms with Gasteiger partial charge in [0.15, 0.2) is 0 Å². The highest BCUT2D eigenvalue weighted by molar-refractivity contribution is 5.71. The summed E-state index contributed by atoms with van der Waals surface area (Å²) in [5.74, 6) is 1.11. The largest absolute Gasteiger partial charge is 0.477 e. The molecule has 0 spiro atoms. The lowest BCUT2D eigenvalue weighted by atomic mass is 9.90. The van der Waals surface area contributed by atoms with Crippen LogP contribution in [0.25, 0.3) is 0 Å². The number of aromatic nitrogens is 1. The van der Waals surface area contributed by atoms with Gasteiger partial charge in [-0.25, -0.2) is 14.6 Å². The van der Waals surface area contributed by atoms with Gasteiger partial charge in [-0.05, 0) is 59.4 Å². The zero-order chi connectivity index (χ0) is 24.2. The predicted octanol–water partition coefficient (Wildman–Crippen LogP) is 4.96. The third kappa shape index (κ3) is 6.51. The van der Waals surface area contributed by atoms with Crippen molar-refractivity contribution in [2.24, 2.45) is 5.92 Å². The van der Waals surface area contributed by atoms with E-state index in [0.29, 0.717) is 24.8 Å². The van der Waals surface area contributed by atoms with E-state index in [0.717, 1.165) is 5.56 Å². The molecule has 1 aliphatic carbocycles. The minimum absolute atomic E-state index is 0.273. The lowest BCUT2D eigenvalue weighted by Crippen LogP contribution is -2.65. The molecule has 0 aromatic carbocycles. The first-order valence-electron chi connectivity index (χ1n) is 12.1. The molecule has 2 fully saturated rings. The fourth-order valence-corrected chi connectivity index (χ4v) is 5.01. The molecule has 1 unspecified atom stereocenters. The third-order valence-electron chi connectivity index (χ3n) is 6.64. The molecule has 184 valence electrons. The number of hydrogen-bond acceptors (Lipinski definition) is 5. The minimum atomic E-state index is -0.983. The number of hydrogen-bond donors (Lipinski definition) is 1. The summed E-state index contributed by atoms with van der Waals surface area (Å²) in [6.45, 7) is 10.1. The van der Waals surface area contributed by atoms with Crippen LogP contribution in [0.4, 0.5) is 9.59 Å². The standard InChI is InChI=1S/C25H39N3O5/c1-17-15-27(24(31)33-25(3,4)5)21(18(2)28(17)23(29)30)14-20-12-9-13-26-22(20)32-16-19-10-7-6-8-11-19/h9,12-13,17-19,21H,6-8,10-11,14-16H2,1-5H3,(H,29,30)/t17-,18+,21?/m1/s1. The number of piperazine rings is 1. The SMILES string of the molecule is C[C@@H]1CN(C(=O)OC(C)(C)C)C(Cc2cccnc2OCC2CCCCC2)[C@H](C)N1C(=O)O. The fraction of sp³-hybridized carbons (Fsp3) is 0.720. The lowest BCUT2D eigenvalue weighted by Gasteiger charge is -2.48. The summed E-state index contributed by atoms with van der Waals surface area (Å²) in [4.78, 5) is 32.6. The first kappa shape index (κ1) is 25.1. The zero-order valence-electron chi connectivity index (χ0n) is 20.6. The van der Waals surface area contributed by atoms with Crippen molar-refractivity contribution in [3.05, 3.63) is 23.9 Å². The molecule has 3 rings (SSSR count). The van der Waals surface area contributed by atoms with E-state index in [1.54, 1.807) is 11.1 Å². The molecule has 1 saturated heterocycles. The van der Waals surface area contributed by atoms with Crippen LogP contribution in [0.15, 0.2) is 18.3 Å². The monoisotopic (exact) mass is 461 g/mol. The molecule has 2 heterocycles. The molecule has 0 radical (unpaired) electrons. The Bertz CT molecular complexity index is 819. The summed E-state index contributed by atoms with van der Waals surface area (Å²) >= 11 is 0. The van der Waals surface area contributed by atoms with Crippen LogP contribution in [-0.2, 0) is 11.2 Å². The molecular formula is C25H39N3O5. The van der Waals surface area contributed by atoms with Crippen molar-refractivity contribution in [1.82, 2.24) is 14.8 Å². The van der Waals surface area contributed by atoms with E-state index >= 15 is 0 Å². The molecule has 3 atom stereocenters. The van der Waals surface area contributed by atoms with Crippen LogP contribution in [0.3, 0.4) is 0 Å². The van der Waals surface area contributed by atoms with Gasteiger partial charge in [-0.2, -0.15) is 0 Å². The minimum Gasteiger partial charge on any atom is -0.477 e. The second-order valence-corrected chi connectivity index (χ2v) is 10.5. The van der Waals surface area contributed by atoms with Crippen LogP contribution < -0.4 is 4.74 Å². The number of nitrogens with zero attached hydrogens (tertiary/aromatic N) is 3. The Hall–Kier alpha value is -2.51. The molecule has 1 saturated carbocycles. The van der Waals surface area contributed by atoms with Gasteiger partial charge in [0.1, 0.15) is 5.60 Å². The maximum absolute atomic E-state index is 13.1. The Kier molecular flexibility index (Phi) is 8.08. The lowest BCUT2D eigenvalue weighted by molar-refractivity contribution is -0.0280. The number of carbonyl (C=O) groups excluding carboxylic acids is 1. The van der Waals surface area contributed by atoms with Crippen LogP contribution in [0.1, 0.15) is 72.3 Å². The van der Waals surface area contributed by atoms with Gasteiger partial charge in [-0.1, -0.05) is 25.3 Å². The Balaban J connectivity index is 1.82. The normalized spacial score (nSPS) is 24.5. The summed E-state index contributed by atoms with van der Waals surface area (Å²) in [5.41, 5.74) is 0.235. The highest BCUT2D eigenvalue weighted by Crippen LogP contribution is 2.30. The second-order valence-electron chi connectivity index (χ2n) is 10.5. The Morgan fingerprint density at radius 3 is 2.52 bits per heavy atom. The van der Waals surface area contributed by atoms with E-state index in [1.165, 1.54) is 37.0 Å². The van der Waals surface area contributed by atoms with E-state index in [4.69, 9.17) is 9.47 Å². The van der Waals surface area contributed by atoms with Gasteiger partial charge in [0.05, 0.1) is 24.7 Å². The third-order valence-corrected chi connectivity index (χ3v) is 6.64. The first-order valence-corrected chi connectivity index (χ1v) is 12.1. The van der Waals surface area contributed by atoms with Gasteiger partial charge < -0.3 is 19.5 Å². The van der Waals surface area contributed by atoms with Crippen LogP contribution in [-0.4, -0.2) is 69.0 Å². The average molecular weight is 462 g/mol. The Morgan fingerprint density at radius 1 is 1.18 bits per heavy atom. The van der Waals surface area contributed by atoms with Crippen LogP contribution >= 0.6 is 0 Å². The molecule has 2 amide bonds. The molecule has 8 heteroatoms. The van der Waals surface area contributed by atoms with Crippen LogP contribution in [0.2, 0.25) is 0 Å². The fourth-order valence-electron chi connectivity index (χ4n) is 5.01. The molecule has 2 aliphatic rings. The average Bonchev–Trinajstić information content (AvgIpc) is 2.74. The maximum atomic E-state index is 13.1.